The Kier molecular flexibility index (Phi) is 5.86. The number of ether oxygens (including phenoxy) is 1. The Balaban J connectivity index is 1.35. The Morgan fingerprint density at radius 2 is 2.17 bits per heavy atom. The molecule has 2 fully saturated rings. The molecule has 1 aromatic heterocycles. The van der Waals surface area contributed by atoms with Crippen LogP contribution in [-0.2, 0) is 4.79 Å². The number of carbonyl (C=O) groups excluding carboxylic acids is 1. The van der Waals surface area contributed by atoms with Crippen molar-refractivity contribution in [3.8, 4) is 5.75 Å². The van der Waals surface area contributed by atoms with Gasteiger partial charge in [0.15, 0.2) is 0 Å². The molecule has 3 rings (SSSR count). The Labute approximate surface area is 138 Å². The lowest BCUT2D eigenvalue weighted by Gasteiger charge is -2.22. The van der Waals surface area contributed by atoms with Crippen molar-refractivity contribution >= 4 is 5.91 Å². The van der Waals surface area contributed by atoms with Gasteiger partial charge < -0.3 is 10.1 Å². The third kappa shape index (κ3) is 5.20. The van der Waals surface area contributed by atoms with Gasteiger partial charge in [-0.05, 0) is 37.3 Å². The summed E-state index contributed by atoms with van der Waals surface area (Å²) in [6, 6.07) is 3.80. The molecule has 0 radical (unpaired) electrons. The van der Waals surface area contributed by atoms with Crippen LogP contribution in [0.5, 0.6) is 5.75 Å². The average Bonchev–Trinajstić information content (AvgIpc) is 3.02. The maximum atomic E-state index is 12.1. The third-order valence-corrected chi connectivity index (χ3v) is 4.85. The number of amides is 1. The number of hydrogen-bond donors (Lipinski definition) is 1. The van der Waals surface area contributed by atoms with Crippen LogP contribution in [0.2, 0.25) is 0 Å². The van der Waals surface area contributed by atoms with Crippen molar-refractivity contribution in [2.24, 2.45) is 5.92 Å². The fraction of sp³-hybridized carbons (Fsp3) is 0.667. The van der Waals surface area contributed by atoms with Crippen LogP contribution in [0.15, 0.2) is 24.5 Å². The summed E-state index contributed by atoms with van der Waals surface area (Å²) in [6.07, 6.45) is 11.1. The van der Waals surface area contributed by atoms with Crippen LogP contribution in [-0.4, -0.2) is 48.1 Å². The van der Waals surface area contributed by atoms with E-state index in [1.165, 1.54) is 32.1 Å². The molecule has 5 heteroatoms. The molecule has 0 spiro atoms. The average molecular weight is 317 g/mol. The van der Waals surface area contributed by atoms with E-state index in [0.717, 1.165) is 31.8 Å². The summed E-state index contributed by atoms with van der Waals surface area (Å²) in [5.41, 5.74) is 0. The number of likely N-dealkylation sites (tertiary alicyclic amines) is 1. The fourth-order valence-corrected chi connectivity index (χ4v) is 3.55. The molecule has 1 unspecified atom stereocenters. The molecule has 1 amide bonds. The maximum Gasteiger partial charge on any atom is 0.234 e. The molecule has 1 aliphatic carbocycles. The van der Waals surface area contributed by atoms with E-state index in [0.29, 0.717) is 12.5 Å². The van der Waals surface area contributed by atoms with E-state index in [1.54, 1.807) is 12.4 Å². The molecule has 1 saturated carbocycles. The second kappa shape index (κ2) is 8.29. The smallest absolute Gasteiger partial charge is 0.234 e. The minimum atomic E-state index is 0.151. The molecular formula is C18H27N3O2. The largest absolute Gasteiger partial charge is 0.487 e. The number of hydrogen-bond acceptors (Lipinski definition) is 4. The van der Waals surface area contributed by atoms with Gasteiger partial charge in [-0.1, -0.05) is 19.3 Å². The molecule has 2 aliphatic rings. The van der Waals surface area contributed by atoms with Crippen LogP contribution < -0.4 is 10.1 Å². The number of carbonyl (C=O) groups is 1. The minimum Gasteiger partial charge on any atom is -0.487 e. The Bertz CT molecular complexity index is 488. The van der Waals surface area contributed by atoms with Crippen LogP contribution in [0.1, 0.15) is 38.5 Å². The van der Waals surface area contributed by atoms with Crippen LogP contribution in [0, 0.1) is 5.92 Å². The number of pyridine rings is 1. The van der Waals surface area contributed by atoms with E-state index >= 15 is 0 Å². The van der Waals surface area contributed by atoms with Gasteiger partial charge in [0.05, 0.1) is 12.7 Å². The molecular weight excluding hydrogens is 290 g/mol. The topological polar surface area (TPSA) is 54.5 Å². The summed E-state index contributed by atoms with van der Waals surface area (Å²) in [6.45, 7) is 3.06. The Morgan fingerprint density at radius 3 is 2.96 bits per heavy atom. The van der Waals surface area contributed by atoms with Crippen molar-refractivity contribution in [3.63, 3.8) is 0 Å². The van der Waals surface area contributed by atoms with Crippen LogP contribution in [0.3, 0.4) is 0 Å². The first kappa shape index (κ1) is 16.2. The highest BCUT2D eigenvalue weighted by molar-refractivity contribution is 5.78. The van der Waals surface area contributed by atoms with Gasteiger partial charge in [0.2, 0.25) is 5.91 Å². The summed E-state index contributed by atoms with van der Waals surface area (Å²) in [4.78, 5) is 18.3. The maximum absolute atomic E-state index is 12.1. The molecule has 2 heterocycles. The highest BCUT2D eigenvalue weighted by atomic mass is 16.5. The van der Waals surface area contributed by atoms with Crippen LogP contribution in [0.4, 0.5) is 0 Å². The molecule has 1 atom stereocenters. The van der Waals surface area contributed by atoms with E-state index in [2.05, 4.69) is 15.2 Å². The molecule has 5 nitrogen and oxygen atoms in total. The molecule has 1 aliphatic heterocycles. The fourth-order valence-electron chi connectivity index (χ4n) is 3.55. The van der Waals surface area contributed by atoms with Crippen LogP contribution >= 0.6 is 0 Å². The van der Waals surface area contributed by atoms with Crippen molar-refractivity contribution < 1.29 is 9.53 Å². The first-order valence-corrected chi connectivity index (χ1v) is 8.85. The van der Waals surface area contributed by atoms with Gasteiger partial charge in [-0.15, -0.1) is 0 Å². The summed E-state index contributed by atoms with van der Waals surface area (Å²) in [5, 5.41) is 3.11. The molecule has 0 bridgehead atoms. The van der Waals surface area contributed by atoms with Gasteiger partial charge in [-0.2, -0.15) is 0 Å². The normalized spacial score (nSPS) is 22.9. The first-order chi connectivity index (χ1) is 11.3. The van der Waals surface area contributed by atoms with Crippen LogP contribution in [0.25, 0.3) is 0 Å². The summed E-state index contributed by atoms with van der Waals surface area (Å²) >= 11 is 0. The van der Waals surface area contributed by atoms with Gasteiger partial charge in [0, 0.05) is 25.8 Å². The van der Waals surface area contributed by atoms with Gasteiger partial charge in [-0.25, -0.2) is 0 Å². The monoisotopic (exact) mass is 317 g/mol. The zero-order chi connectivity index (χ0) is 15.9. The lowest BCUT2D eigenvalue weighted by molar-refractivity contribution is -0.122. The SMILES string of the molecule is O=C(CN1CCC(Oc2cccnc2)C1)NCC1CCCCC1. The standard InChI is InChI=1S/C18H27N3O2/c22-18(20-11-15-5-2-1-3-6-15)14-21-10-8-17(13-21)23-16-7-4-9-19-12-16/h4,7,9,12,15,17H,1-3,5-6,8,10-11,13-14H2,(H,20,22). The highest BCUT2D eigenvalue weighted by Gasteiger charge is 2.25. The number of nitrogens with zero attached hydrogens (tertiary/aromatic N) is 2. The lowest BCUT2D eigenvalue weighted by atomic mass is 9.89. The van der Waals surface area contributed by atoms with Crippen molar-refractivity contribution in [2.75, 3.05) is 26.2 Å². The van der Waals surface area contributed by atoms with E-state index in [1.807, 2.05) is 12.1 Å². The third-order valence-electron chi connectivity index (χ3n) is 4.85. The molecule has 126 valence electrons. The lowest BCUT2D eigenvalue weighted by Crippen LogP contribution is -2.39. The van der Waals surface area contributed by atoms with Gasteiger partial charge in [0.25, 0.3) is 0 Å². The Morgan fingerprint density at radius 1 is 1.30 bits per heavy atom. The van der Waals surface area contributed by atoms with Gasteiger partial charge in [0.1, 0.15) is 11.9 Å². The summed E-state index contributed by atoms with van der Waals surface area (Å²) < 4.78 is 5.91. The first-order valence-electron chi connectivity index (χ1n) is 8.85. The summed E-state index contributed by atoms with van der Waals surface area (Å²) in [7, 11) is 0. The predicted octanol–water partition coefficient (Wildman–Crippen LogP) is 2.23. The molecule has 0 aromatic carbocycles. The predicted molar refractivity (Wildman–Crippen MR) is 89.3 cm³/mol. The van der Waals surface area contributed by atoms with Crippen molar-refractivity contribution in [1.29, 1.82) is 0 Å². The van der Waals surface area contributed by atoms with Gasteiger partial charge in [-0.3, -0.25) is 14.7 Å². The number of rotatable bonds is 6. The zero-order valence-electron chi connectivity index (χ0n) is 13.7. The van der Waals surface area contributed by atoms with Gasteiger partial charge >= 0.3 is 0 Å². The molecule has 1 N–H and O–H groups in total. The molecule has 1 saturated heterocycles. The van der Waals surface area contributed by atoms with E-state index < -0.39 is 0 Å². The highest BCUT2D eigenvalue weighted by Crippen LogP contribution is 2.22. The number of nitrogens with one attached hydrogen (secondary N) is 1. The van der Waals surface area contributed by atoms with Crippen molar-refractivity contribution in [2.45, 2.75) is 44.6 Å². The van der Waals surface area contributed by atoms with E-state index in [4.69, 9.17) is 4.74 Å². The summed E-state index contributed by atoms with van der Waals surface area (Å²) in [5.74, 6) is 1.65. The van der Waals surface area contributed by atoms with E-state index in [9.17, 15) is 4.79 Å². The number of aromatic nitrogens is 1. The van der Waals surface area contributed by atoms with Crippen molar-refractivity contribution in [1.82, 2.24) is 15.2 Å². The Hall–Kier alpha value is -1.62. The molecule has 1 aromatic rings. The minimum absolute atomic E-state index is 0.151. The molecule has 23 heavy (non-hydrogen) atoms. The van der Waals surface area contributed by atoms with Crippen molar-refractivity contribution in [3.05, 3.63) is 24.5 Å². The second-order valence-electron chi connectivity index (χ2n) is 6.76. The zero-order valence-corrected chi connectivity index (χ0v) is 13.7. The quantitative estimate of drug-likeness (QED) is 0.874. The van der Waals surface area contributed by atoms with E-state index in [-0.39, 0.29) is 12.0 Å². The second-order valence-corrected chi connectivity index (χ2v) is 6.76.